The molecule has 0 bridgehead atoms. The van der Waals surface area contributed by atoms with Crippen LogP contribution in [0, 0.1) is 5.92 Å². The Kier molecular flexibility index (Phi) is 38.4. The van der Waals surface area contributed by atoms with E-state index in [-0.39, 0.29) is 31.1 Å². The van der Waals surface area contributed by atoms with Gasteiger partial charge in [0.1, 0.15) is 13.2 Å². The SMILES string of the molecule is CCCCCCCCCCCCC(=O)OC[C@@H](COC(=O)CCCCCCCCCCCCCCCC(C)C)OC(=O)CCCCCCCCC. The summed E-state index contributed by atoms with van der Waals surface area (Å²) in [6.45, 7) is 8.95. The minimum Gasteiger partial charge on any atom is -0.462 e. The number of hydrogen-bond acceptors (Lipinski definition) is 6. The fourth-order valence-electron chi connectivity index (χ4n) is 6.63. The summed E-state index contributed by atoms with van der Waals surface area (Å²) in [5.41, 5.74) is 0. The van der Waals surface area contributed by atoms with Gasteiger partial charge in [-0.1, -0.05) is 207 Å². The monoisotopic (exact) mass is 723 g/mol. The van der Waals surface area contributed by atoms with E-state index >= 15 is 0 Å². The first-order valence-corrected chi connectivity index (χ1v) is 22.4. The third kappa shape index (κ3) is 39.5. The van der Waals surface area contributed by atoms with E-state index in [4.69, 9.17) is 14.2 Å². The van der Waals surface area contributed by atoms with Crippen LogP contribution in [-0.4, -0.2) is 37.2 Å². The molecule has 6 nitrogen and oxygen atoms in total. The molecule has 0 radical (unpaired) electrons. The smallest absolute Gasteiger partial charge is 0.306 e. The minimum absolute atomic E-state index is 0.0644. The van der Waals surface area contributed by atoms with Crippen molar-refractivity contribution in [3.8, 4) is 0 Å². The van der Waals surface area contributed by atoms with Crippen molar-refractivity contribution in [2.75, 3.05) is 13.2 Å². The van der Waals surface area contributed by atoms with Gasteiger partial charge in [-0.2, -0.15) is 0 Å². The highest BCUT2D eigenvalue weighted by atomic mass is 16.6. The molecular formula is C45H86O6. The summed E-state index contributed by atoms with van der Waals surface area (Å²) in [6, 6.07) is 0. The third-order valence-electron chi connectivity index (χ3n) is 10.0. The number of hydrogen-bond donors (Lipinski definition) is 0. The molecule has 302 valence electrons. The molecule has 0 heterocycles. The predicted molar refractivity (Wildman–Crippen MR) is 215 cm³/mol. The molecule has 0 N–H and O–H groups in total. The van der Waals surface area contributed by atoms with Crippen molar-refractivity contribution in [1.29, 1.82) is 0 Å². The van der Waals surface area contributed by atoms with Gasteiger partial charge in [0.25, 0.3) is 0 Å². The average Bonchev–Trinajstić information content (AvgIpc) is 3.11. The van der Waals surface area contributed by atoms with Crippen LogP contribution in [0.1, 0.15) is 246 Å². The van der Waals surface area contributed by atoms with Crippen LogP contribution in [0.3, 0.4) is 0 Å². The van der Waals surface area contributed by atoms with E-state index in [9.17, 15) is 14.4 Å². The lowest BCUT2D eigenvalue weighted by Gasteiger charge is -2.18. The van der Waals surface area contributed by atoms with Crippen molar-refractivity contribution >= 4 is 17.9 Å². The van der Waals surface area contributed by atoms with E-state index in [1.807, 2.05) is 0 Å². The van der Waals surface area contributed by atoms with Crippen LogP contribution in [0.25, 0.3) is 0 Å². The molecule has 0 amide bonds. The summed E-state index contributed by atoms with van der Waals surface area (Å²) in [5, 5.41) is 0. The number of carbonyl (C=O) groups is 3. The van der Waals surface area contributed by atoms with E-state index in [0.717, 1.165) is 63.7 Å². The Morgan fingerprint density at radius 3 is 0.961 bits per heavy atom. The number of unbranched alkanes of at least 4 members (excludes halogenated alkanes) is 27. The van der Waals surface area contributed by atoms with Gasteiger partial charge in [-0.3, -0.25) is 14.4 Å². The standard InChI is InChI=1S/C45H86O6/c1-5-7-9-11-13-14-21-25-28-32-36-43(46)49-39-42(51-45(48)38-34-30-23-12-10-8-6-2)40-50-44(47)37-33-29-26-22-19-17-15-16-18-20-24-27-31-35-41(3)4/h41-42H,5-40H2,1-4H3/t42-/m0/s1. The molecular weight excluding hydrogens is 636 g/mol. The van der Waals surface area contributed by atoms with Gasteiger partial charge in [0.15, 0.2) is 6.10 Å². The molecule has 0 rings (SSSR count). The maximum absolute atomic E-state index is 12.6. The van der Waals surface area contributed by atoms with E-state index in [2.05, 4.69) is 27.7 Å². The van der Waals surface area contributed by atoms with Crippen LogP contribution < -0.4 is 0 Å². The van der Waals surface area contributed by atoms with Gasteiger partial charge < -0.3 is 14.2 Å². The number of esters is 3. The van der Waals surface area contributed by atoms with Crippen LogP contribution in [0.5, 0.6) is 0 Å². The van der Waals surface area contributed by atoms with Crippen molar-refractivity contribution < 1.29 is 28.6 Å². The zero-order valence-corrected chi connectivity index (χ0v) is 34.6. The minimum atomic E-state index is -0.757. The Bertz CT molecular complexity index is 766. The van der Waals surface area contributed by atoms with Crippen LogP contribution in [0.4, 0.5) is 0 Å². The van der Waals surface area contributed by atoms with E-state index in [1.54, 1.807) is 0 Å². The maximum Gasteiger partial charge on any atom is 0.306 e. The quantitative estimate of drug-likeness (QED) is 0.0356. The van der Waals surface area contributed by atoms with Gasteiger partial charge in [0.05, 0.1) is 0 Å². The molecule has 0 aromatic rings. The summed E-state index contributed by atoms with van der Waals surface area (Å²) >= 11 is 0. The van der Waals surface area contributed by atoms with Crippen LogP contribution in [0.2, 0.25) is 0 Å². The zero-order chi connectivity index (χ0) is 37.5. The summed E-state index contributed by atoms with van der Waals surface area (Å²) < 4.78 is 16.6. The lowest BCUT2D eigenvalue weighted by molar-refractivity contribution is -0.167. The number of rotatable bonds is 40. The van der Waals surface area contributed by atoms with Gasteiger partial charge in [0.2, 0.25) is 0 Å². The Balaban J connectivity index is 4.20. The molecule has 0 spiro atoms. The zero-order valence-electron chi connectivity index (χ0n) is 34.6. The first-order valence-electron chi connectivity index (χ1n) is 22.4. The lowest BCUT2D eigenvalue weighted by Crippen LogP contribution is -2.30. The molecule has 0 fully saturated rings. The fraction of sp³-hybridized carbons (Fsp3) is 0.933. The maximum atomic E-state index is 12.6. The second-order valence-corrected chi connectivity index (χ2v) is 15.8. The molecule has 6 heteroatoms. The van der Waals surface area contributed by atoms with Gasteiger partial charge in [-0.05, 0) is 25.2 Å². The second-order valence-electron chi connectivity index (χ2n) is 15.8. The van der Waals surface area contributed by atoms with Crippen LogP contribution >= 0.6 is 0 Å². The van der Waals surface area contributed by atoms with Crippen molar-refractivity contribution in [2.24, 2.45) is 5.92 Å². The molecule has 0 aromatic carbocycles. The Hall–Kier alpha value is -1.59. The average molecular weight is 723 g/mol. The lowest BCUT2D eigenvalue weighted by atomic mass is 10.0. The van der Waals surface area contributed by atoms with Gasteiger partial charge in [-0.15, -0.1) is 0 Å². The highest BCUT2D eigenvalue weighted by molar-refractivity contribution is 5.71. The fourth-order valence-corrected chi connectivity index (χ4v) is 6.63. The predicted octanol–water partition coefficient (Wildman–Crippen LogP) is 13.9. The normalized spacial score (nSPS) is 11.9. The van der Waals surface area contributed by atoms with Crippen molar-refractivity contribution in [2.45, 2.75) is 252 Å². The first-order chi connectivity index (χ1) is 24.9. The van der Waals surface area contributed by atoms with E-state index in [1.165, 1.54) is 141 Å². The van der Waals surface area contributed by atoms with Crippen LogP contribution in [0.15, 0.2) is 0 Å². The Morgan fingerprint density at radius 2 is 0.647 bits per heavy atom. The van der Waals surface area contributed by atoms with Crippen molar-refractivity contribution in [1.82, 2.24) is 0 Å². The van der Waals surface area contributed by atoms with E-state index < -0.39 is 6.10 Å². The molecule has 0 unspecified atom stereocenters. The number of ether oxygens (including phenoxy) is 3. The largest absolute Gasteiger partial charge is 0.462 e. The highest BCUT2D eigenvalue weighted by Crippen LogP contribution is 2.16. The molecule has 0 saturated heterocycles. The third-order valence-corrected chi connectivity index (χ3v) is 10.0. The topological polar surface area (TPSA) is 78.9 Å². The van der Waals surface area contributed by atoms with Gasteiger partial charge in [-0.25, -0.2) is 0 Å². The molecule has 51 heavy (non-hydrogen) atoms. The first kappa shape index (κ1) is 49.4. The number of carbonyl (C=O) groups excluding carboxylic acids is 3. The highest BCUT2D eigenvalue weighted by Gasteiger charge is 2.19. The van der Waals surface area contributed by atoms with Gasteiger partial charge in [0, 0.05) is 19.3 Å². The van der Waals surface area contributed by atoms with Gasteiger partial charge >= 0.3 is 17.9 Å². The molecule has 0 aliphatic rings. The molecule has 0 saturated carbocycles. The summed E-state index contributed by atoms with van der Waals surface area (Å²) in [7, 11) is 0. The van der Waals surface area contributed by atoms with Crippen LogP contribution in [-0.2, 0) is 28.6 Å². The second kappa shape index (κ2) is 39.6. The van der Waals surface area contributed by atoms with E-state index in [0.29, 0.717) is 19.3 Å². The Morgan fingerprint density at radius 1 is 0.373 bits per heavy atom. The molecule has 0 aromatic heterocycles. The molecule has 1 atom stereocenters. The summed E-state index contributed by atoms with van der Waals surface area (Å²) in [4.78, 5) is 37.5. The Labute approximate surface area is 317 Å². The van der Waals surface area contributed by atoms with Crippen molar-refractivity contribution in [3.05, 3.63) is 0 Å². The van der Waals surface area contributed by atoms with Crippen molar-refractivity contribution in [3.63, 3.8) is 0 Å². The summed E-state index contributed by atoms with van der Waals surface area (Å²) in [5.74, 6) is -0.0232. The molecule has 0 aliphatic carbocycles. The summed E-state index contributed by atoms with van der Waals surface area (Å²) in [6.07, 6.45) is 38.1. The molecule has 0 aliphatic heterocycles.